The highest BCUT2D eigenvalue weighted by molar-refractivity contribution is 7.89. The molecule has 1 aliphatic rings. The van der Waals surface area contributed by atoms with Crippen molar-refractivity contribution in [3.8, 4) is 0 Å². The predicted octanol–water partition coefficient (Wildman–Crippen LogP) is 1.32. The molecule has 6 heteroatoms. The van der Waals surface area contributed by atoms with Gasteiger partial charge in [-0.05, 0) is 43.4 Å². The van der Waals surface area contributed by atoms with Gasteiger partial charge in [0.15, 0.2) is 0 Å². The van der Waals surface area contributed by atoms with E-state index < -0.39 is 10.0 Å². The number of hydrogen-bond acceptors (Lipinski definition) is 3. The normalized spacial score (nSPS) is 15.6. The lowest BCUT2D eigenvalue weighted by molar-refractivity contribution is 0.577. The molecule has 1 aromatic carbocycles. The van der Waals surface area contributed by atoms with Crippen LogP contribution in [0.1, 0.15) is 24.0 Å². The number of hydrogen-bond donors (Lipinski definition) is 2. The maximum absolute atomic E-state index is 12.1. The highest BCUT2D eigenvalue weighted by atomic mass is 32.2. The lowest BCUT2D eigenvalue weighted by atomic mass is 10.1. The molecule has 3 N–H and O–H groups in total. The molecule has 0 aliphatic heterocycles. The SMILES string of the molecule is Cc1cc(C(N)=S)ccc1S(=O)(=O)NCC1CC1. The number of benzene rings is 1. The lowest BCUT2D eigenvalue weighted by Crippen LogP contribution is -2.26. The average Bonchev–Trinajstić information content (AvgIpc) is 3.09. The quantitative estimate of drug-likeness (QED) is 0.800. The number of nitrogens with two attached hydrogens (primary N) is 1. The molecule has 1 aliphatic carbocycles. The third-order valence-electron chi connectivity index (χ3n) is 3.01. The second-order valence-corrected chi connectivity index (χ2v) is 6.82. The Hall–Kier alpha value is -0.980. The third kappa shape index (κ3) is 3.07. The van der Waals surface area contributed by atoms with Crippen LogP contribution >= 0.6 is 12.2 Å². The van der Waals surface area contributed by atoms with Gasteiger partial charge in [0.25, 0.3) is 0 Å². The fraction of sp³-hybridized carbons (Fsp3) is 0.417. The molecule has 0 spiro atoms. The van der Waals surface area contributed by atoms with E-state index in [0.29, 0.717) is 28.5 Å². The van der Waals surface area contributed by atoms with Crippen LogP contribution in [0.5, 0.6) is 0 Å². The van der Waals surface area contributed by atoms with Crippen molar-refractivity contribution in [1.29, 1.82) is 0 Å². The molecule has 0 heterocycles. The fourth-order valence-electron chi connectivity index (χ4n) is 1.73. The highest BCUT2D eigenvalue weighted by Crippen LogP contribution is 2.28. The number of rotatable bonds is 5. The van der Waals surface area contributed by atoms with E-state index in [1.165, 1.54) is 0 Å². The van der Waals surface area contributed by atoms with E-state index in [2.05, 4.69) is 4.72 Å². The molecule has 0 saturated heterocycles. The van der Waals surface area contributed by atoms with Gasteiger partial charge in [-0.25, -0.2) is 13.1 Å². The van der Waals surface area contributed by atoms with Crippen LogP contribution in [0.4, 0.5) is 0 Å². The van der Waals surface area contributed by atoms with Crippen LogP contribution in [-0.2, 0) is 10.0 Å². The number of aryl methyl sites for hydroxylation is 1. The molecule has 4 nitrogen and oxygen atoms in total. The molecule has 1 aromatic rings. The third-order valence-corrected chi connectivity index (χ3v) is 4.83. The summed E-state index contributed by atoms with van der Waals surface area (Å²) in [5.74, 6) is 0.510. The van der Waals surface area contributed by atoms with Crippen molar-refractivity contribution in [2.45, 2.75) is 24.7 Å². The van der Waals surface area contributed by atoms with Crippen molar-refractivity contribution in [1.82, 2.24) is 4.72 Å². The van der Waals surface area contributed by atoms with E-state index in [0.717, 1.165) is 12.8 Å². The Morgan fingerprint density at radius 1 is 1.50 bits per heavy atom. The van der Waals surface area contributed by atoms with E-state index in [4.69, 9.17) is 18.0 Å². The highest BCUT2D eigenvalue weighted by Gasteiger charge is 2.25. The summed E-state index contributed by atoms with van der Waals surface area (Å²) in [6, 6.07) is 4.90. The summed E-state index contributed by atoms with van der Waals surface area (Å²) in [4.78, 5) is 0.566. The van der Waals surface area contributed by atoms with Crippen LogP contribution in [0.25, 0.3) is 0 Å². The van der Waals surface area contributed by atoms with Gasteiger partial charge in [0.1, 0.15) is 4.99 Å². The van der Waals surface area contributed by atoms with Crippen LogP contribution in [-0.4, -0.2) is 20.0 Å². The maximum Gasteiger partial charge on any atom is 0.240 e. The number of sulfonamides is 1. The molecule has 98 valence electrons. The van der Waals surface area contributed by atoms with Gasteiger partial charge in [-0.1, -0.05) is 18.3 Å². The Kier molecular flexibility index (Phi) is 3.70. The zero-order valence-corrected chi connectivity index (χ0v) is 11.8. The molecule has 0 bridgehead atoms. The Bertz CT molecular complexity index is 578. The van der Waals surface area contributed by atoms with Gasteiger partial charge in [0.2, 0.25) is 10.0 Å². The Labute approximate surface area is 113 Å². The molecule has 1 fully saturated rings. The molecule has 0 amide bonds. The molecular weight excluding hydrogens is 268 g/mol. The zero-order chi connectivity index (χ0) is 13.3. The minimum atomic E-state index is -3.42. The Balaban J connectivity index is 2.23. The number of thiocarbonyl (C=S) groups is 1. The molecule has 18 heavy (non-hydrogen) atoms. The Morgan fingerprint density at radius 2 is 2.17 bits per heavy atom. The van der Waals surface area contributed by atoms with Crippen LogP contribution in [0.15, 0.2) is 23.1 Å². The first kappa shape index (κ1) is 13.5. The van der Waals surface area contributed by atoms with Crippen LogP contribution in [0.2, 0.25) is 0 Å². The average molecular weight is 284 g/mol. The van der Waals surface area contributed by atoms with E-state index in [-0.39, 0.29) is 4.99 Å². The summed E-state index contributed by atoms with van der Waals surface area (Å²) in [6.45, 7) is 2.27. The van der Waals surface area contributed by atoms with E-state index in [9.17, 15) is 8.42 Å². The van der Waals surface area contributed by atoms with E-state index in [1.807, 2.05) is 0 Å². The van der Waals surface area contributed by atoms with Gasteiger partial charge in [0.05, 0.1) is 4.90 Å². The molecular formula is C12H16N2O2S2. The zero-order valence-electron chi connectivity index (χ0n) is 10.1. The van der Waals surface area contributed by atoms with Crippen molar-refractivity contribution in [3.63, 3.8) is 0 Å². The van der Waals surface area contributed by atoms with Crippen molar-refractivity contribution in [2.24, 2.45) is 11.7 Å². The van der Waals surface area contributed by atoms with Crippen molar-refractivity contribution in [2.75, 3.05) is 6.54 Å². The van der Waals surface area contributed by atoms with E-state index >= 15 is 0 Å². The summed E-state index contributed by atoms with van der Waals surface area (Å²) in [6.07, 6.45) is 2.23. The minimum absolute atomic E-state index is 0.271. The standard InChI is InChI=1S/C12H16N2O2S2/c1-8-6-10(12(13)17)4-5-11(8)18(15,16)14-7-9-2-3-9/h4-6,9,14H,2-3,7H2,1H3,(H2,13,17). The monoisotopic (exact) mass is 284 g/mol. The molecule has 2 rings (SSSR count). The minimum Gasteiger partial charge on any atom is -0.389 e. The summed E-state index contributed by atoms with van der Waals surface area (Å²) in [5.41, 5.74) is 6.85. The fourth-order valence-corrected chi connectivity index (χ4v) is 3.20. The van der Waals surface area contributed by atoms with E-state index in [1.54, 1.807) is 25.1 Å². The summed E-state index contributed by atoms with van der Waals surface area (Å²) < 4.78 is 26.8. The second kappa shape index (κ2) is 4.95. The summed E-state index contributed by atoms with van der Waals surface area (Å²) in [7, 11) is -3.42. The largest absolute Gasteiger partial charge is 0.389 e. The smallest absolute Gasteiger partial charge is 0.240 e. The first-order valence-corrected chi connectivity index (χ1v) is 7.69. The Morgan fingerprint density at radius 3 is 2.67 bits per heavy atom. The van der Waals surface area contributed by atoms with Crippen molar-refractivity contribution < 1.29 is 8.42 Å². The van der Waals surface area contributed by atoms with Gasteiger partial charge < -0.3 is 5.73 Å². The summed E-state index contributed by atoms with van der Waals surface area (Å²) in [5, 5.41) is 0. The molecule has 0 radical (unpaired) electrons. The van der Waals surface area contributed by atoms with Crippen LogP contribution in [0.3, 0.4) is 0 Å². The second-order valence-electron chi connectivity index (χ2n) is 4.64. The first-order valence-electron chi connectivity index (χ1n) is 5.80. The summed E-state index contributed by atoms with van der Waals surface area (Å²) >= 11 is 4.86. The predicted molar refractivity (Wildman–Crippen MR) is 75.0 cm³/mol. The van der Waals surface area contributed by atoms with Gasteiger partial charge in [-0.2, -0.15) is 0 Å². The molecule has 1 saturated carbocycles. The van der Waals surface area contributed by atoms with Gasteiger partial charge in [-0.3, -0.25) is 0 Å². The van der Waals surface area contributed by atoms with Gasteiger partial charge in [-0.15, -0.1) is 0 Å². The van der Waals surface area contributed by atoms with Gasteiger partial charge in [0, 0.05) is 12.1 Å². The van der Waals surface area contributed by atoms with Crippen molar-refractivity contribution in [3.05, 3.63) is 29.3 Å². The molecule has 0 aromatic heterocycles. The first-order chi connectivity index (χ1) is 8.40. The topological polar surface area (TPSA) is 72.2 Å². The molecule has 0 atom stereocenters. The van der Waals surface area contributed by atoms with Crippen LogP contribution in [0, 0.1) is 12.8 Å². The van der Waals surface area contributed by atoms with Crippen LogP contribution < -0.4 is 10.5 Å². The number of nitrogens with one attached hydrogen (secondary N) is 1. The van der Waals surface area contributed by atoms with Gasteiger partial charge >= 0.3 is 0 Å². The van der Waals surface area contributed by atoms with Crippen molar-refractivity contribution >= 4 is 27.2 Å². The molecule has 0 unspecified atom stereocenters. The maximum atomic E-state index is 12.1. The lowest BCUT2D eigenvalue weighted by Gasteiger charge is -2.10.